The highest BCUT2D eigenvalue weighted by Crippen LogP contribution is 2.21. The number of rotatable bonds is 3. The number of hydrogen-bond acceptors (Lipinski definition) is 7. The van der Waals surface area contributed by atoms with Crippen molar-refractivity contribution in [2.24, 2.45) is 0 Å². The lowest BCUT2D eigenvalue weighted by molar-refractivity contribution is -0.131. The third-order valence-corrected chi connectivity index (χ3v) is 6.10. The Morgan fingerprint density at radius 3 is 2.67 bits per heavy atom. The molecule has 3 aliphatic rings. The van der Waals surface area contributed by atoms with Crippen molar-refractivity contribution in [2.75, 3.05) is 55.8 Å². The second-order valence-electron chi connectivity index (χ2n) is 6.56. The number of hydrogen-bond donors (Lipinski definition) is 1. The van der Waals surface area contributed by atoms with E-state index in [4.69, 9.17) is 0 Å². The van der Waals surface area contributed by atoms with Crippen molar-refractivity contribution >= 4 is 23.6 Å². The number of nitrogens with one attached hydrogen (secondary N) is 1. The highest BCUT2D eigenvalue weighted by atomic mass is 32.2. The molecule has 0 unspecified atom stereocenters. The quantitative estimate of drug-likeness (QED) is 0.816. The van der Waals surface area contributed by atoms with E-state index in [1.807, 2.05) is 22.7 Å². The molecule has 7 nitrogen and oxygen atoms in total. The van der Waals surface area contributed by atoms with E-state index in [1.165, 1.54) is 0 Å². The number of carbonyl (C=O) groups is 1. The molecule has 3 fully saturated rings. The minimum Gasteiger partial charge on any atom is -0.338 e. The van der Waals surface area contributed by atoms with Gasteiger partial charge in [-0.2, -0.15) is 0 Å². The van der Waals surface area contributed by atoms with Gasteiger partial charge in [-0.1, -0.05) is 0 Å². The zero-order chi connectivity index (χ0) is 16.4. The van der Waals surface area contributed by atoms with Gasteiger partial charge in [-0.25, -0.2) is 9.97 Å². The van der Waals surface area contributed by atoms with Gasteiger partial charge in [-0.05, 0) is 12.5 Å². The number of piperazine rings is 1. The summed E-state index contributed by atoms with van der Waals surface area (Å²) in [5.74, 6) is 3.04. The number of anilines is 1. The van der Waals surface area contributed by atoms with Gasteiger partial charge in [0.1, 0.15) is 0 Å². The summed E-state index contributed by atoms with van der Waals surface area (Å²) in [6, 6.07) is 2.32. The van der Waals surface area contributed by atoms with Crippen LogP contribution in [0.5, 0.6) is 0 Å². The smallest absolute Gasteiger partial charge is 0.240 e. The van der Waals surface area contributed by atoms with Gasteiger partial charge in [0.05, 0.1) is 11.9 Å². The molecule has 130 valence electrons. The molecule has 4 rings (SSSR count). The van der Waals surface area contributed by atoms with Gasteiger partial charge in [0.2, 0.25) is 11.9 Å². The standard InChI is InChI=1S/C16H24N6OS/c23-15(22-8-9-24-12-22)14-10-13(11-19-14)20-4-6-21(7-5-20)16-17-2-1-3-18-16/h1-3,13-14,19H,4-12H2/t13-,14-/m0/s1. The van der Waals surface area contributed by atoms with Gasteiger partial charge in [0.25, 0.3) is 0 Å². The molecule has 0 aromatic carbocycles. The van der Waals surface area contributed by atoms with E-state index in [9.17, 15) is 4.79 Å². The van der Waals surface area contributed by atoms with Crippen LogP contribution < -0.4 is 10.2 Å². The maximum Gasteiger partial charge on any atom is 0.240 e. The lowest BCUT2D eigenvalue weighted by atomic mass is 10.1. The van der Waals surface area contributed by atoms with Crippen LogP contribution in [-0.2, 0) is 4.79 Å². The molecule has 0 spiro atoms. The largest absolute Gasteiger partial charge is 0.338 e. The Morgan fingerprint density at radius 1 is 1.17 bits per heavy atom. The average Bonchev–Trinajstić information content (AvgIpc) is 3.34. The Kier molecular flexibility index (Phi) is 4.86. The molecule has 3 saturated heterocycles. The second kappa shape index (κ2) is 7.25. The van der Waals surface area contributed by atoms with Crippen molar-refractivity contribution in [2.45, 2.75) is 18.5 Å². The van der Waals surface area contributed by atoms with Crippen LogP contribution in [0, 0.1) is 0 Å². The van der Waals surface area contributed by atoms with E-state index in [0.29, 0.717) is 11.9 Å². The first-order valence-corrected chi connectivity index (χ1v) is 9.82. The fourth-order valence-electron chi connectivity index (χ4n) is 3.73. The van der Waals surface area contributed by atoms with Gasteiger partial charge in [-0.3, -0.25) is 9.69 Å². The molecule has 0 bridgehead atoms. The summed E-state index contributed by atoms with van der Waals surface area (Å²) in [5, 5.41) is 3.44. The van der Waals surface area contributed by atoms with Crippen LogP contribution in [0.2, 0.25) is 0 Å². The summed E-state index contributed by atoms with van der Waals surface area (Å²) >= 11 is 1.85. The highest BCUT2D eigenvalue weighted by molar-refractivity contribution is 7.99. The van der Waals surface area contributed by atoms with E-state index in [-0.39, 0.29) is 6.04 Å². The third kappa shape index (κ3) is 3.36. The van der Waals surface area contributed by atoms with Gasteiger partial charge < -0.3 is 15.1 Å². The highest BCUT2D eigenvalue weighted by Gasteiger charge is 2.36. The molecule has 3 aliphatic heterocycles. The first kappa shape index (κ1) is 16.1. The fraction of sp³-hybridized carbons (Fsp3) is 0.688. The second-order valence-corrected chi connectivity index (χ2v) is 7.64. The van der Waals surface area contributed by atoms with Crippen molar-refractivity contribution in [3.63, 3.8) is 0 Å². The predicted octanol–water partition coefficient (Wildman–Crippen LogP) is -0.138. The third-order valence-electron chi connectivity index (χ3n) is 5.14. The molecule has 1 amide bonds. The molecule has 4 heterocycles. The molecule has 1 aromatic heterocycles. The lowest BCUT2D eigenvalue weighted by Gasteiger charge is -2.37. The summed E-state index contributed by atoms with van der Waals surface area (Å²) in [7, 11) is 0. The van der Waals surface area contributed by atoms with Crippen molar-refractivity contribution in [3.05, 3.63) is 18.5 Å². The fourth-order valence-corrected chi connectivity index (χ4v) is 4.69. The molecule has 1 aromatic rings. The van der Waals surface area contributed by atoms with Gasteiger partial charge in [0.15, 0.2) is 0 Å². The molecule has 24 heavy (non-hydrogen) atoms. The Hall–Kier alpha value is -1.38. The average molecular weight is 348 g/mol. The van der Waals surface area contributed by atoms with Crippen LogP contribution in [-0.4, -0.2) is 88.7 Å². The SMILES string of the molecule is O=C([C@@H]1C[C@H](N2CCN(c3ncccn3)CC2)CN1)N1CCSC1. The lowest BCUT2D eigenvalue weighted by Crippen LogP contribution is -2.51. The summed E-state index contributed by atoms with van der Waals surface area (Å²) in [6.07, 6.45) is 4.52. The minimum atomic E-state index is 0.00388. The molecular formula is C16H24N6OS. The minimum absolute atomic E-state index is 0.00388. The van der Waals surface area contributed by atoms with Crippen LogP contribution in [0.15, 0.2) is 18.5 Å². The van der Waals surface area contributed by atoms with E-state index in [2.05, 4.69) is 25.1 Å². The van der Waals surface area contributed by atoms with Crippen LogP contribution in [0.4, 0.5) is 5.95 Å². The monoisotopic (exact) mass is 348 g/mol. The normalized spacial score (nSPS) is 28.5. The first-order valence-electron chi connectivity index (χ1n) is 8.67. The van der Waals surface area contributed by atoms with E-state index < -0.39 is 0 Å². The van der Waals surface area contributed by atoms with Gasteiger partial charge in [-0.15, -0.1) is 11.8 Å². The van der Waals surface area contributed by atoms with Crippen LogP contribution in [0.1, 0.15) is 6.42 Å². The number of thioether (sulfide) groups is 1. The summed E-state index contributed by atoms with van der Waals surface area (Å²) in [5.41, 5.74) is 0. The maximum absolute atomic E-state index is 12.5. The number of carbonyl (C=O) groups excluding carboxylic acids is 1. The zero-order valence-electron chi connectivity index (χ0n) is 13.8. The summed E-state index contributed by atoms with van der Waals surface area (Å²) in [4.78, 5) is 27.9. The Bertz CT molecular complexity index is 559. The number of amides is 1. The number of aromatic nitrogens is 2. The molecule has 1 N–H and O–H groups in total. The van der Waals surface area contributed by atoms with E-state index >= 15 is 0 Å². The first-order chi connectivity index (χ1) is 11.8. The molecule has 0 saturated carbocycles. The van der Waals surface area contributed by atoms with Gasteiger partial charge >= 0.3 is 0 Å². The molecule has 0 radical (unpaired) electrons. The zero-order valence-corrected chi connectivity index (χ0v) is 14.6. The van der Waals surface area contributed by atoms with Crippen LogP contribution >= 0.6 is 11.8 Å². The Balaban J connectivity index is 1.28. The van der Waals surface area contributed by atoms with Crippen LogP contribution in [0.25, 0.3) is 0 Å². The molecule has 8 heteroatoms. The van der Waals surface area contributed by atoms with Crippen molar-refractivity contribution in [1.82, 2.24) is 25.1 Å². The maximum atomic E-state index is 12.5. The topological polar surface area (TPSA) is 64.6 Å². The van der Waals surface area contributed by atoms with E-state index in [1.54, 1.807) is 12.4 Å². The molecular weight excluding hydrogens is 324 g/mol. The van der Waals surface area contributed by atoms with Crippen molar-refractivity contribution in [3.8, 4) is 0 Å². The molecule has 0 aliphatic carbocycles. The number of nitrogens with zero attached hydrogens (tertiary/aromatic N) is 5. The molecule has 2 atom stereocenters. The van der Waals surface area contributed by atoms with Crippen molar-refractivity contribution < 1.29 is 4.79 Å². The Morgan fingerprint density at radius 2 is 1.96 bits per heavy atom. The Labute approximate surface area is 146 Å². The van der Waals surface area contributed by atoms with Gasteiger partial charge in [0, 0.05) is 63.5 Å². The summed E-state index contributed by atoms with van der Waals surface area (Å²) < 4.78 is 0. The predicted molar refractivity (Wildman–Crippen MR) is 95.1 cm³/mol. The van der Waals surface area contributed by atoms with Crippen LogP contribution in [0.3, 0.4) is 0 Å². The van der Waals surface area contributed by atoms with Crippen molar-refractivity contribution in [1.29, 1.82) is 0 Å². The van der Waals surface area contributed by atoms with E-state index in [0.717, 1.165) is 63.3 Å². The summed E-state index contributed by atoms with van der Waals surface area (Å²) in [6.45, 7) is 5.72.